The average Bonchev–Trinajstić information content (AvgIpc) is 2.69. The largest absolute Gasteiger partial charge is 0.386 e. The summed E-state index contributed by atoms with van der Waals surface area (Å²) in [6.45, 7) is 8.24. The highest BCUT2D eigenvalue weighted by atomic mass is 32.1. The molecule has 1 fully saturated rings. The fourth-order valence-corrected chi connectivity index (χ4v) is 3.34. The monoisotopic (exact) mass is 241 g/mol. The molecule has 90 valence electrons. The van der Waals surface area contributed by atoms with Crippen molar-refractivity contribution in [1.29, 1.82) is 0 Å². The first-order valence-electron chi connectivity index (χ1n) is 5.59. The fraction of sp³-hybridized carbons (Fsp3) is 0.750. The maximum Gasteiger partial charge on any atom is 0.122 e. The third kappa shape index (κ3) is 2.14. The molecule has 0 aromatic carbocycles. The highest BCUT2D eigenvalue weighted by molar-refractivity contribution is 7.09. The van der Waals surface area contributed by atoms with Gasteiger partial charge in [0.25, 0.3) is 0 Å². The zero-order chi connectivity index (χ0) is 12.0. The van der Waals surface area contributed by atoms with Gasteiger partial charge in [0.2, 0.25) is 0 Å². The Hall–Kier alpha value is -0.450. The Labute approximate surface area is 100 Å². The van der Waals surface area contributed by atoms with Crippen LogP contribution in [-0.4, -0.2) is 21.3 Å². The number of ether oxygens (including phenoxy) is 1. The Balaban J connectivity index is 2.22. The number of hydrogen-bond donors (Lipinski definition) is 1. The van der Waals surface area contributed by atoms with E-state index in [9.17, 15) is 5.11 Å². The molecule has 0 aliphatic carbocycles. The first-order chi connectivity index (χ1) is 7.32. The molecular formula is C12H19NO2S. The molecule has 4 heteroatoms. The minimum absolute atomic E-state index is 0.105. The molecule has 0 saturated carbocycles. The lowest BCUT2D eigenvalue weighted by Crippen LogP contribution is -2.32. The van der Waals surface area contributed by atoms with Crippen molar-refractivity contribution in [1.82, 2.24) is 4.98 Å². The third-order valence-corrected chi connectivity index (χ3v) is 4.08. The molecule has 2 atom stereocenters. The highest BCUT2D eigenvalue weighted by Crippen LogP contribution is 2.47. The van der Waals surface area contributed by atoms with Gasteiger partial charge in [-0.3, -0.25) is 0 Å². The Bertz CT molecular complexity index is 359. The average molecular weight is 241 g/mol. The van der Waals surface area contributed by atoms with Crippen molar-refractivity contribution < 1.29 is 9.84 Å². The van der Waals surface area contributed by atoms with E-state index in [1.807, 2.05) is 19.2 Å². The highest BCUT2D eigenvalue weighted by Gasteiger charge is 2.49. The van der Waals surface area contributed by atoms with E-state index in [1.165, 1.54) is 11.3 Å². The van der Waals surface area contributed by atoms with Crippen molar-refractivity contribution in [2.75, 3.05) is 0 Å². The summed E-state index contributed by atoms with van der Waals surface area (Å²) in [6, 6.07) is 0. The molecular weight excluding hydrogens is 222 g/mol. The number of thiazole rings is 1. The molecule has 16 heavy (non-hydrogen) atoms. The quantitative estimate of drug-likeness (QED) is 0.865. The maximum atomic E-state index is 10.3. The van der Waals surface area contributed by atoms with Crippen LogP contribution in [0.1, 0.15) is 45.2 Å². The number of aromatic nitrogens is 1. The van der Waals surface area contributed by atoms with Gasteiger partial charge in [0.15, 0.2) is 0 Å². The van der Waals surface area contributed by atoms with Crippen LogP contribution in [0.25, 0.3) is 0 Å². The van der Waals surface area contributed by atoms with Crippen LogP contribution in [0.3, 0.4) is 0 Å². The molecule has 2 rings (SSSR count). The second-order valence-electron chi connectivity index (χ2n) is 5.59. The molecule has 1 aliphatic heterocycles. The van der Waals surface area contributed by atoms with Gasteiger partial charge in [-0.15, -0.1) is 11.3 Å². The normalized spacial score (nSPS) is 29.2. The fourth-order valence-electron chi connectivity index (χ4n) is 2.65. The summed E-state index contributed by atoms with van der Waals surface area (Å²) in [5.74, 6) is 0.105. The van der Waals surface area contributed by atoms with Crippen molar-refractivity contribution in [2.45, 2.75) is 51.4 Å². The van der Waals surface area contributed by atoms with Crippen molar-refractivity contribution >= 4 is 11.3 Å². The van der Waals surface area contributed by atoms with Crippen LogP contribution in [0.4, 0.5) is 0 Å². The Morgan fingerprint density at radius 2 is 2.19 bits per heavy atom. The lowest BCUT2D eigenvalue weighted by molar-refractivity contribution is -0.0880. The van der Waals surface area contributed by atoms with Crippen LogP contribution in [-0.2, 0) is 4.74 Å². The van der Waals surface area contributed by atoms with Crippen molar-refractivity contribution in [3.05, 3.63) is 16.6 Å². The smallest absolute Gasteiger partial charge is 0.122 e. The van der Waals surface area contributed by atoms with E-state index in [0.29, 0.717) is 0 Å². The van der Waals surface area contributed by atoms with Gasteiger partial charge in [0.05, 0.1) is 11.2 Å². The summed E-state index contributed by atoms with van der Waals surface area (Å²) in [4.78, 5) is 4.19. The van der Waals surface area contributed by atoms with E-state index in [4.69, 9.17) is 4.74 Å². The molecule has 0 spiro atoms. The Morgan fingerprint density at radius 1 is 1.50 bits per heavy atom. The van der Waals surface area contributed by atoms with E-state index >= 15 is 0 Å². The lowest BCUT2D eigenvalue weighted by Gasteiger charge is -2.29. The molecule has 0 amide bonds. The van der Waals surface area contributed by atoms with Crippen LogP contribution in [0.2, 0.25) is 0 Å². The van der Waals surface area contributed by atoms with E-state index in [2.05, 4.69) is 18.8 Å². The molecule has 0 radical (unpaired) electrons. The Morgan fingerprint density at radius 3 is 2.62 bits per heavy atom. The molecule has 1 aliphatic rings. The van der Waals surface area contributed by atoms with E-state index in [0.717, 1.165) is 11.4 Å². The number of rotatable bonds is 2. The van der Waals surface area contributed by atoms with Crippen molar-refractivity contribution in [3.63, 3.8) is 0 Å². The number of hydrogen-bond acceptors (Lipinski definition) is 4. The van der Waals surface area contributed by atoms with Crippen LogP contribution in [0, 0.1) is 5.92 Å². The Kier molecular flexibility index (Phi) is 2.85. The zero-order valence-electron chi connectivity index (χ0n) is 10.2. The predicted octanol–water partition coefficient (Wildman–Crippen LogP) is 2.77. The SMILES string of the molecule is CC1(C)CC(C(O)c2nccs2)C(C)(C)O1. The predicted molar refractivity (Wildman–Crippen MR) is 64.4 cm³/mol. The first-order valence-corrected chi connectivity index (χ1v) is 6.47. The summed E-state index contributed by atoms with van der Waals surface area (Å²) >= 11 is 1.50. The van der Waals surface area contributed by atoms with Gasteiger partial charge in [-0.2, -0.15) is 0 Å². The molecule has 1 N–H and O–H groups in total. The summed E-state index contributed by atoms with van der Waals surface area (Å²) in [6.07, 6.45) is 2.08. The molecule has 3 nitrogen and oxygen atoms in total. The minimum atomic E-state index is -0.517. The third-order valence-electron chi connectivity index (χ3n) is 3.23. The molecule has 1 saturated heterocycles. The van der Waals surface area contributed by atoms with E-state index in [-0.39, 0.29) is 17.1 Å². The standard InChI is InChI=1S/C12H19NO2S/c1-11(2)7-8(12(3,4)15-11)9(14)10-13-5-6-16-10/h5-6,8-9,14H,7H2,1-4H3. The summed E-state index contributed by atoms with van der Waals surface area (Å²) in [5.41, 5.74) is -0.457. The number of nitrogens with zero attached hydrogens (tertiary/aromatic N) is 1. The summed E-state index contributed by atoms with van der Waals surface area (Å²) in [7, 11) is 0. The van der Waals surface area contributed by atoms with Gasteiger partial charge in [-0.05, 0) is 34.1 Å². The van der Waals surface area contributed by atoms with Crippen molar-refractivity contribution in [3.8, 4) is 0 Å². The topological polar surface area (TPSA) is 42.4 Å². The maximum absolute atomic E-state index is 10.3. The van der Waals surface area contributed by atoms with Gasteiger partial charge < -0.3 is 9.84 Å². The lowest BCUT2D eigenvalue weighted by atomic mass is 9.83. The molecule has 0 bridgehead atoms. The van der Waals surface area contributed by atoms with Crippen LogP contribution in [0.15, 0.2) is 11.6 Å². The second-order valence-corrected chi connectivity index (χ2v) is 6.52. The first kappa shape index (κ1) is 12.0. The van der Waals surface area contributed by atoms with Crippen molar-refractivity contribution in [2.24, 2.45) is 5.92 Å². The molecule has 2 unspecified atom stereocenters. The second kappa shape index (κ2) is 3.79. The van der Waals surface area contributed by atoms with Gasteiger partial charge >= 0.3 is 0 Å². The number of aliphatic hydroxyl groups excluding tert-OH is 1. The minimum Gasteiger partial charge on any atom is -0.386 e. The van der Waals surface area contributed by atoms with Gasteiger partial charge in [-0.25, -0.2) is 4.98 Å². The summed E-state index contributed by atoms with van der Waals surface area (Å²) in [5, 5.41) is 13.0. The van der Waals surface area contributed by atoms with Crippen LogP contribution < -0.4 is 0 Å². The molecule has 1 aromatic heterocycles. The van der Waals surface area contributed by atoms with E-state index in [1.54, 1.807) is 6.20 Å². The van der Waals surface area contributed by atoms with Crippen LogP contribution >= 0.6 is 11.3 Å². The molecule has 1 aromatic rings. The number of aliphatic hydroxyl groups is 1. The van der Waals surface area contributed by atoms with Gasteiger partial charge in [-0.1, -0.05) is 0 Å². The van der Waals surface area contributed by atoms with E-state index < -0.39 is 6.10 Å². The van der Waals surface area contributed by atoms with Crippen LogP contribution in [0.5, 0.6) is 0 Å². The van der Waals surface area contributed by atoms with Gasteiger partial charge in [0.1, 0.15) is 11.1 Å². The summed E-state index contributed by atoms with van der Waals surface area (Å²) < 4.78 is 5.98. The van der Waals surface area contributed by atoms with Gasteiger partial charge in [0, 0.05) is 17.5 Å². The zero-order valence-corrected chi connectivity index (χ0v) is 11.0. The molecule has 2 heterocycles.